The smallest absolute Gasteiger partial charge is 0.404 e. The van der Waals surface area contributed by atoms with Gasteiger partial charge in [-0.1, -0.05) is 48.9 Å². The molecule has 23 heavy (non-hydrogen) atoms. The van der Waals surface area contributed by atoms with E-state index in [9.17, 15) is 4.79 Å². The Kier molecular flexibility index (Phi) is 4.25. The molecule has 1 aliphatic heterocycles. The van der Waals surface area contributed by atoms with Crippen molar-refractivity contribution in [3.05, 3.63) is 63.1 Å². The first-order chi connectivity index (χ1) is 11.0. The van der Waals surface area contributed by atoms with Crippen LogP contribution in [0.25, 0.3) is 0 Å². The van der Waals surface area contributed by atoms with Gasteiger partial charge in [0, 0.05) is 16.0 Å². The van der Waals surface area contributed by atoms with Crippen molar-refractivity contribution in [3.8, 4) is 5.75 Å². The number of hydrogen-bond donors (Lipinski definition) is 1. The number of benzene rings is 2. The Bertz CT molecular complexity index is 753. The molecule has 0 aromatic heterocycles. The fourth-order valence-electron chi connectivity index (χ4n) is 3.00. The summed E-state index contributed by atoms with van der Waals surface area (Å²) in [6, 6.07) is 13.3. The Morgan fingerprint density at radius 3 is 2.70 bits per heavy atom. The highest BCUT2D eigenvalue weighted by molar-refractivity contribution is 9.10. The van der Waals surface area contributed by atoms with Gasteiger partial charge in [0.25, 0.3) is 0 Å². The maximum absolute atomic E-state index is 11.1. The second-order valence-corrected chi connectivity index (χ2v) is 6.66. The number of fused-ring (bicyclic) bond motifs is 1. The fourth-order valence-corrected chi connectivity index (χ4v) is 3.84. The van der Waals surface area contributed by atoms with Gasteiger partial charge in [0.05, 0.1) is 5.02 Å². The van der Waals surface area contributed by atoms with E-state index >= 15 is 0 Å². The van der Waals surface area contributed by atoms with Gasteiger partial charge in [-0.2, -0.15) is 0 Å². The van der Waals surface area contributed by atoms with Gasteiger partial charge in [0.1, 0.15) is 12.4 Å². The van der Waals surface area contributed by atoms with Crippen LogP contribution in [0.15, 0.2) is 46.9 Å². The quantitative estimate of drug-likeness (QED) is 0.825. The maximum Gasteiger partial charge on any atom is 0.404 e. The number of halogens is 2. The molecule has 2 aromatic carbocycles. The van der Waals surface area contributed by atoms with E-state index < -0.39 is 11.7 Å². The zero-order valence-corrected chi connectivity index (χ0v) is 14.7. The summed E-state index contributed by atoms with van der Waals surface area (Å²) >= 11 is 9.75. The third-order valence-corrected chi connectivity index (χ3v) is 5.61. The minimum absolute atomic E-state index is 0.0201. The van der Waals surface area contributed by atoms with Crippen LogP contribution in [0, 0.1) is 0 Å². The Hall–Kier alpha value is -1.72. The van der Waals surface area contributed by atoms with Gasteiger partial charge in [-0.15, -0.1) is 0 Å². The van der Waals surface area contributed by atoms with Crippen LogP contribution in [0.5, 0.6) is 5.75 Å². The Morgan fingerprint density at radius 2 is 2.04 bits per heavy atom. The van der Waals surface area contributed by atoms with Crippen molar-refractivity contribution in [2.75, 3.05) is 6.61 Å². The first kappa shape index (κ1) is 16.1. The van der Waals surface area contributed by atoms with Gasteiger partial charge in [-0.3, -0.25) is 0 Å². The third-order valence-electron chi connectivity index (χ3n) is 4.21. The Morgan fingerprint density at radius 1 is 1.35 bits per heavy atom. The van der Waals surface area contributed by atoms with E-state index in [1.165, 1.54) is 0 Å². The van der Waals surface area contributed by atoms with E-state index in [0.29, 0.717) is 10.8 Å². The molecular weight excluding hydrogens is 382 g/mol. The molecule has 0 bridgehead atoms. The normalized spacial score (nSPS) is 22.3. The lowest BCUT2D eigenvalue weighted by Crippen LogP contribution is -2.40. The highest BCUT2D eigenvalue weighted by atomic mass is 79.9. The number of primary amides is 1. The fraction of sp³-hybridized carbons (Fsp3) is 0.235. The SMILES string of the molecule is C[C@H]1c2c(ccc(Cl)c2Br)O[C@@]1(COC(N)=O)c1ccccc1. The van der Waals surface area contributed by atoms with Crippen molar-refractivity contribution in [2.45, 2.75) is 18.4 Å². The number of amides is 1. The molecule has 2 N–H and O–H groups in total. The van der Waals surface area contributed by atoms with E-state index in [-0.39, 0.29) is 12.5 Å². The molecule has 1 heterocycles. The van der Waals surface area contributed by atoms with E-state index in [0.717, 1.165) is 15.6 Å². The van der Waals surface area contributed by atoms with Crippen LogP contribution in [-0.2, 0) is 10.3 Å². The first-order valence-electron chi connectivity index (χ1n) is 7.10. The maximum atomic E-state index is 11.1. The molecule has 0 saturated carbocycles. The van der Waals surface area contributed by atoms with E-state index in [4.69, 9.17) is 26.8 Å². The number of carbonyl (C=O) groups is 1. The second kappa shape index (κ2) is 6.06. The van der Waals surface area contributed by atoms with Gasteiger partial charge in [-0.05, 0) is 33.6 Å². The summed E-state index contributed by atoms with van der Waals surface area (Å²) in [5.41, 5.74) is 6.19. The summed E-state index contributed by atoms with van der Waals surface area (Å²) in [6.45, 7) is 2.04. The molecule has 0 aliphatic carbocycles. The zero-order valence-electron chi connectivity index (χ0n) is 12.4. The van der Waals surface area contributed by atoms with E-state index in [1.54, 1.807) is 6.07 Å². The number of rotatable bonds is 3. The van der Waals surface area contributed by atoms with Gasteiger partial charge >= 0.3 is 6.09 Å². The van der Waals surface area contributed by atoms with Crippen molar-refractivity contribution in [2.24, 2.45) is 5.73 Å². The van der Waals surface area contributed by atoms with Crippen LogP contribution in [0.3, 0.4) is 0 Å². The van der Waals surface area contributed by atoms with Crippen LogP contribution in [0.2, 0.25) is 5.02 Å². The van der Waals surface area contributed by atoms with Gasteiger partial charge in [0.2, 0.25) is 0 Å². The number of carbonyl (C=O) groups excluding carboxylic acids is 1. The summed E-state index contributed by atoms with van der Waals surface area (Å²) in [7, 11) is 0. The lowest BCUT2D eigenvalue weighted by molar-refractivity contribution is -0.000399. The standard InChI is InChI=1S/C17H15BrClNO3/c1-10-14-13(8-7-12(19)15(14)18)23-17(10,9-22-16(20)21)11-5-3-2-4-6-11/h2-8,10H,9H2,1H3,(H2,20,21)/t10-,17+/m0/s1. The number of nitrogens with two attached hydrogens (primary N) is 1. The first-order valence-corrected chi connectivity index (χ1v) is 8.27. The molecule has 4 nitrogen and oxygen atoms in total. The predicted octanol–water partition coefficient (Wildman–Crippen LogP) is 4.59. The molecule has 120 valence electrons. The minimum atomic E-state index is -0.841. The van der Waals surface area contributed by atoms with E-state index in [2.05, 4.69) is 15.9 Å². The highest BCUT2D eigenvalue weighted by Gasteiger charge is 2.49. The van der Waals surface area contributed by atoms with Crippen molar-refractivity contribution in [1.29, 1.82) is 0 Å². The summed E-state index contributed by atoms with van der Waals surface area (Å²) in [5, 5.41) is 0.610. The van der Waals surface area contributed by atoms with Crippen molar-refractivity contribution in [3.63, 3.8) is 0 Å². The van der Waals surface area contributed by atoms with Crippen LogP contribution >= 0.6 is 27.5 Å². The summed E-state index contributed by atoms with van der Waals surface area (Å²) in [4.78, 5) is 11.1. The summed E-state index contributed by atoms with van der Waals surface area (Å²) < 4.78 is 12.2. The molecular formula is C17H15BrClNO3. The largest absolute Gasteiger partial charge is 0.478 e. The Balaban J connectivity index is 2.11. The minimum Gasteiger partial charge on any atom is -0.478 e. The highest BCUT2D eigenvalue weighted by Crippen LogP contribution is 2.54. The van der Waals surface area contributed by atoms with Crippen LogP contribution in [0.4, 0.5) is 4.79 Å². The van der Waals surface area contributed by atoms with Crippen LogP contribution < -0.4 is 10.5 Å². The van der Waals surface area contributed by atoms with Crippen LogP contribution in [0.1, 0.15) is 24.0 Å². The van der Waals surface area contributed by atoms with Gasteiger partial charge in [0.15, 0.2) is 5.60 Å². The molecule has 6 heteroatoms. The average Bonchev–Trinajstić information content (AvgIpc) is 2.84. The molecule has 0 fully saturated rings. The second-order valence-electron chi connectivity index (χ2n) is 5.46. The molecule has 0 unspecified atom stereocenters. The lowest BCUT2D eigenvalue weighted by atomic mass is 9.81. The molecule has 0 saturated heterocycles. The zero-order chi connectivity index (χ0) is 16.6. The lowest BCUT2D eigenvalue weighted by Gasteiger charge is -2.32. The van der Waals surface area contributed by atoms with Gasteiger partial charge < -0.3 is 15.2 Å². The molecule has 0 spiro atoms. The molecule has 3 rings (SSSR count). The number of ether oxygens (including phenoxy) is 2. The molecule has 0 radical (unpaired) electrons. The monoisotopic (exact) mass is 395 g/mol. The number of hydrogen-bond acceptors (Lipinski definition) is 3. The molecule has 2 atom stereocenters. The van der Waals surface area contributed by atoms with Crippen LogP contribution in [-0.4, -0.2) is 12.7 Å². The average molecular weight is 397 g/mol. The topological polar surface area (TPSA) is 61.6 Å². The van der Waals surface area contributed by atoms with Gasteiger partial charge in [-0.25, -0.2) is 4.79 Å². The predicted molar refractivity (Wildman–Crippen MR) is 91.9 cm³/mol. The van der Waals surface area contributed by atoms with E-state index in [1.807, 2.05) is 43.3 Å². The van der Waals surface area contributed by atoms with Crippen molar-refractivity contribution < 1.29 is 14.3 Å². The van der Waals surface area contributed by atoms with Crippen molar-refractivity contribution in [1.82, 2.24) is 0 Å². The van der Waals surface area contributed by atoms with Crippen molar-refractivity contribution >= 4 is 33.6 Å². The summed E-state index contributed by atoms with van der Waals surface area (Å²) in [6.07, 6.45) is -0.829. The molecule has 2 aromatic rings. The summed E-state index contributed by atoms with van der Waals surface area (Å²) in [5.74, 6) is 0.623. The molecule has 1 aliphatic rings. The molecule has 1 amide bonds. The Labute approximate surface area is 147 Å². The third kappa shape index (κ3) is 2.68.